The fourth-order valence-corrected chi connectivity index (χ4v) is 6.26. The van der Waals surface area contributed by atoms with Crippen LogP contribution in [0.3, 0.4) is 0 Å². The van der Waals surface area contributed by atoms with Crippen LogP contribution in [-0.4, -0.2) is 58.3 Å². The van der Waals surface area contributed by atoms with Gasteiger partial charge in [-0.3, -0.25) is 4.90 Å². The lowest BCUT2D eigenvalue weighted by molar-refractivity contribution is 0.143. The summed E-state index contributed by atoms with van der Waals surface area (Å²) in [5.41, 5.74) is 0.924. The number of hydrogen-bond donors (Lipinski definition) is 1. The van der Waals surface area contributed by atoms with E-state index in [1.165, 1.54) is 17.0 Å². The van der Waals surface area contributed by atoms with Gasteiger partial charge in [0.1, 0.15) is 16.1 Å². The molecule has 0 radical (unpaired) electrons. The molecule has 7 nitrogen and oxygen atoms in total. The Kier molecular flexibility index (Phi) is 6.00. The summed E-state index contributed by atoms with van der Waals surface area (Å²) in [6.45, 7) is 1.68. The summed E-state index contributed by atoms with van der Waals surface area (Å²) >= 11 is 2.96. The van der Waals surface area contributed by atoms with Gasteiger partial charge in [-0.15, -0.1) is 11.3 Å². The number of halogens is 1. The molecule has 29 heavy (non-hydrogen) atoms. The number of ether oxygens (including phenoxy) is 1. The molecule has 0 bridgehead atoms. The van der Waals surface area contributed by atoms with Crippen LogP contribution < -0.4 is 14.5 Å². The zero-order valence-electron chi connectivity index (χ0n) is 15.4. The van der Waals surface area contributed by atoms with Crippen molar-refractivity contribution in [2.45, 2.75) is 10.3 Å². The molecule has 0 unspecified atom stereocenters. The molecule has 4 rings (SSSR count). The summed E-state index contributed by atoms with van der Waals surface area (Å²) < 4.78 is 47.0. The van der Waals surface area contributed by atoms with Crippen LogP contribution in [0.5, 0.6) is 0 Å². The minimum Gasteiger partial charge on any atom is -0.443 e. The lowest BCUT2D eigenvalue weighted by atomic mass is 10.2. The highest BCUT2D eigenvalue weighted by Gasteiger charge is 2.34. The molecule has 1 aromatic carbocycles. The molecule has 0 aliphatic carbocycles. The molecule has 2 saturated heterocycles. The van der Waals surface area contributed by atoms with Gasteiger partial charge in [0.2, 0.25) is 10.0 Å². The van der Waals surface area contributed by atoms with Gasteiger partial charge in [-0.2, -0.15) is 11.8 Å². The molecule has 2 aliphatic rings. The highest BCUT2D eigenvalue weighted by atomic mass is 32.2. The first kappa shape index (κ1) is 20.5. The van der Waals surface area contributed by atoms with E-state index in [1.807, 2.05) is 16.7 Å². The Morgan fingerprint density at radius 2 is 2.03 bits per heavy atom. The predicted molar refractivity (Wildman–Crippen MR) is 113 cm³/mol. The maximum absolute atomic E-state index is 14.7. The monoisotopic (exact) mass is 457 g/mol. The Morgan fingerprint density at radius 3 is 2.72 bits per heavy atom. The molecule has 2 aromatic rings. The Balaban J connectivity index is 1.41. The first-order chi connectivity index (χ1) is 13.9. The van der Waals surface area contributed by atoms with Gasteiger partial charge in [-0.05, 0) is 29.6 Å². The second-order valence-corrected chi connectivity index (χ2v) is 10.8. The van der Waals surface area contributed by atoms with E-state index in [2.05, 4.69) is 4.72 Å². The van der Waals surface area contributed by atoms with Crippen molar-refractivity contribution >= 4 is 50.6 Å². The largest absolute Gasteiger partial charge is 0.443 e. The molecule has 11 heteroatoms. The lowest BCUT2D eigenvalue weighted by Gasteiger charge is -2.29. The van der Waals surface area contributed by atoms with Crippen LogP contribution in [-0.2, 0) is 14.8 Å². The fraction of sp³-hybridized carbons (Fsp3) is 0.389. The summed E-state index contributed by atoms with van der Waals surface area (Å²) in [5, 5.41) is 1.67. The van der Waals surface area contributed by atoms with E-state index >= 15 is 0 Å². The molecule has 1 amide bonds. The van der Waals surface area contributed by atoms with Crippen molar-refractivity contribution in [2.24, 2.45) is 0 Å². The second-order valence-electron chi connectivity index (χ2n) is 6.64. The van der Waals surface area contributed by atoms with E-state index in [0.29, 0.717) is 11.4 Å². The van der Waals surface area contributed by atoms with Gasteiger partial charge in [-0.1, -0.05) is 6.07 Å². The summed E-state index contributed by atoms with van der Waals surface area (Å²) in [6, 6.07) is 7.86. The van der Waals surface area contributed by atoms with Gasteiger partial charge < -0.3 is 9.64 Å². The fourth-order valence-electron chi connectivity index (χ4n) is 3.25. The van der Waals surface area contributed by atoms with Crippen molar-refractivity contribution in [1.29, 1.82) is 0 Å². The van der Waals surface area contributed by atoms with Crippen molar-refractivity contribution in [3.05, 3.63) is 41.5 Å². The number of benzene rings is 1. The molecular weight excluding hydrogens is 437 g/mol. The highest BCUT2D eigenvalue weighted by molar-refractivity contribution is 7.99. The third-order valence-corrected chi connectivity index (χ3v) is 8.49. The van der Waals surface area contributed by atoms with Gasteiger partial charge in [0, 0.05) is 31.1 Å². The molecule has 2 fully saturated rings. The van der Waals surface area contributed by atoms with Gasteiger partial charge >= 0.3 is 6.09 Å². The number of thioether (sulfide) groups is 1. The molecule has 2 aliphatic heterocycles. The zero-order valence-corrected chi connectivity index (χ0v) is 17.9. The minimum absolute atomic E-state index is 0.0471. The van der Waals surface area contributed by atoms with Crippen LogP contribution in [0.15, 0.2) is 39.9 Å². The zero-order chi connectivity index (χ0) is 20.4. The SMILES string of the molecule is O=C1O[C@@H](CNS(=O)(=O)c2cccs2)CN1c1ccc(N2CCSCC2)c(F)c1. The first-order valence-electron chi connectivity index (χ1n) is 9.07. The van der Waals surface area contributed by atoms with Crippen molar-refractivity contribution in [3.63, 3.8) is 0 Å². The number of nitrogens with one attached hydrogen (secondary N) is 1. The number of carbonyl (C=O) groups excluding carboxylic acids is 1. The normalized spacial score (nSPS) is 20.2. The molecule has 0 spiro atoms. The van der Waals surface area contributed by atoms with Gasteiger partial charge in [0.15, 0.2) is 0 Å². The third-order valence-electron chi connectivity index (χ3n) is 4.73. The van der Waals surface area contributed by atoms with Crippen LogP contribution >= 0.6 is 23.1 Å². The Morgan fingerprint density at radius 1 is 1.24 bits per heavy atom. The average Bonchev–Trinajstić information content (AvgIpc) is 3.37. The summed E-state index contributed by atoms with van der Waals surface area (Å²) in [7, 11) is -3.64. The first-order valence-corrected chi connectivity index (χ1v) is 12.6. The van der Waals surface area contributed by atoms with E-state index in [9.17, 15) is 17.6 Å². The molecule has 1 aromatic heterocycles. The number of sulfonamides is 1. The maximum atomic E-state index is 14.7. The Hall–Kier alpha value is -1.82. The van der Waals surface area contributed by atoms with Crippen LogP contribution in [0.25, 0.3) is 0 Å². The molecule has 3 heterocycles. The maximum Gasteiger partial charge on any atom is 0.414 e. The molecule has 156 valence electrons. The second kappa shape index (κ2) is 8.50. The molecule has 0 saturated carbocycles. The molecule has 1 N–H and O–H groups in total. The number of thiophene rings is 1. The van der Waals surface area contributed by atoms with Crippen LogP contribution in [0.4, 0.5) is 20.6 Å². The van der Waals surface area contributed by atoms with Gasteiger partial charge in [0.25, 0.3) is 0 Å². The molecular formula is C18H20FN3O4S3. The average molecular weight is 458 g/mol. The van der Waals surface area contributed by atoms with Crippen molar-refractivity contribution in [1.82, 2.24) is 4.72 Å². The lowest BCUT2D eigenvalue weighted by Crippen LogP contribution is -2.34. The smallest absolute Gasteiger partial charge is 0.414 e. The number of hydrogen-bond acceptors (Lipinski definition) is 7. The number of carbonyl (C=O) groups is 1. The highest BCUT2D eigenvalue weighted by Crippen LogP contribution is 2.29. The van der Waals surface area contributed by atoms with Crippen molar-refractivity contribution in [2.75, 3.05) is 47.5 Å². The van der Waals surface area contributed by atoms with Crippen LogP contribution in [0, 0.1) is 5.82 Å². The summed E-state index contributed by atoms with van der Waals surface area (Å²) in [4.78, 5) is 15.6. The van der Waals surface area contributed by atoms with Gasteiger partial charge in [0.05, 0.1) is 17.9 Å². The standard InChI is InChI=1S/C18H20FN3O4S3/c19-15-10-13(3-4-16(15)21-5-8-27-9-6-21)22-12-14(26-18(22)23)11-20-29(24,25)17-2-1-7-28-17/h1-4,7,10,14,20H,5-6,8-9,11-12H2/t14-/m0/s1. The molecule has 1 atom stereocenters. The Labute approximate surface area is 176 Å². The van der Waals surface area contributed by atoms with E-state index in [1.54, 1.807) is 23.6 Å². The number of rotatable bonds is 6. The van der Waals surface area contributed by atoms with Gasteiger partial charge in [-0.25, -0.2) is 22.3 Å². The topological polar surface area (TPSA) is 78.9 Å². The van der Waals surface area contributed by atoms with E-state index in [-0.39, 0.29) is 23.1 Å². The van der Waals surface area contributed by atoms with E-state index in [0.717, 1.165) is 35.9 Å². The third kappa shape index (κ3) is 4.52. The summed E-state index contributed by atoms with van der Waals surface area (Å²) in [5.74, 6) is 1.54. The number of anilines is 2. The minimum atomic E-state index is -3.64. The predicted octanol–water partition coefficient (Wildman–Crippen LogP) is 2.74. The number of cyclic esters (lactones) is 1. The van der Waals surface area contributed by atoms with Crippen LogP contribution in [0.1, 0.15) is 0 Å². The number of amides is 1. The van der Waals surface area contributed by atoms with Crippen molar-refractivity contribution in [3.8, 4) is 0 Å². The summed E-state index contributed by atoms with van der Waals surface area (Å²) in [6.07, 6.45) is -1.27. The Bertz CT molecular complexity index is 978. The quantitative estimate of drug-likeness (QED) is 0.719. The van der Waals surface area contributed by atoms with E-state index < -0.39 is 22.2 Å². The van der Waals surface area contributed by atoms with E-state index in [4.69, 9.17) is 4.74 Å². The van der Waals surface area contributed by atoms with Crippen LogP contribution in [0.2, 0.25) is 0 Å². The number of nitrogens with zero attached hydrogens (tertiary/aromatic N) is 2. The van der Waals surface area contributed by atoms with Crippen molar-refractivity contribution < 1.29 is 22.3 Å².